The van der Waals surface area contributed by atoms with Crippen molar-refractivity contribution in [3.05, 3.63) is 12.2 Å². The molecule has 0 aromatic heterocycles. The Labute approximate surface area is 326 Å². The van der Waals surface area contributed by atoms with E-state index in [0.29, 0.717) is 72.5 Å². The highest BCUT2D eigenvalue weighted by Crippen LogP contribution is 2.35. The summed E-state index contributed by atoms with van der Waals surface area (Å²) in [6.07, 6.45) is 21.8. The van der Waals surface area contributed by atoms with Crippen molar-refractivity contribution >= 4 is 5.97 Å². The first-order chi connectivity index (χ1) is 26.7. The fourth-order valence-corrected chi connectivity index (χ4v) is 6.37. The van der Waals surface area contributed by atoms with E-state index in [-0.39, 0.29) is 76.4 Å². The maximum absolute atomic E-state index is 12.1. The van der Waals surface area contributed by atoms with Crippen LogP contribution >= 0.6 is 0 Å². The van der Waals surface area contributed by atoms with E-state index in [9.17, 15) is 4.79 Å². The molecule has 3 N–H and O–H groups in total. The van der Waals surface area contributed by atoms with Crippen molar-refractivity contribution in [3.63, 3.8) is 0 Å². The van der Waals surface area contributed by atoms with Gasteiger partial charge in [-0.2, -0.15) is 0 Å². The van der Waals surface area contributed by atoms with Gasteiger partial charge in [-0.1, -0.05) is 70.4 Å². The first-order valence-corrected chi connectivity index (χ1v) is 21.0. The molecule has 0 radical (unpaired) electrons. The van der Waals surface area contributed by atoms with Gasteiger partial charge < -0.3 is 58.0 Å². The Bertz CT molecular complexity index is 818. The van der Waals surface area contributed by atoms with Crippen LogP contribution in [0.25, 0.3) is 0 Å². The molecule has 0 bridgehead atoms. The summed E-state index contributed by atoms with van der Waals surface area (Å²) < 4.78 is 51.7. The number of aliphatic hydroxyl groups excluding tert-OH is 3. The van der Waals surface area contributed by atoms with Crippen LogP contribution < -0.4 is 0 Å². The van der Waals surface area contributed by atoms with Crippen molar-refractivity contribution in [1.29, 1.82) is 0 Å². The summed E-state index contributed by atoms with van der Waals surface area (Å²) in [5.74, 6) is -0.199. The molecule has 0 aliphatic heterocycles. The summed E-state index contributed by atoms with van der Waals surface area (Å²) >= 11 is 0. The minimum absolute atomic E-state index is 0.0222. The number of unbranched alkanes of at least 4 members (excludes halogenated alkanes) is 11. The molecule has 0 spiro atoms. The molecular weight excluding hydrogens is 700 g/mol. The maximum Gasteiger partial charge on any atom is 0.305 e. The molecule has 1 rings (SSSR count). The Morgan fingerprint density at radius 3 is 1.74 bits per heavy atom. The highest BCUT2D eigenvalue weighted by molar-refractivity contribution is 5.69. The van der Waals surface area contributed by atoms with Gasteiger partial charge in [0.25, 0.3) is 0 Å². The summed E-state index contributed by atoms with van der Waals surface area (Å²) in [5, 5.41) is 27.0. The van der Waals surface area contributed by atoms with Gasteiger partial charge in [-0.15, -0.1) is 0 Å². The van der Waals surface area contributed by atoms with Crippen LogP contribution in [0.15, 0.2) is 12.2 Å². The fourth-order valence-electron chi connectivity index (χ4n) is 6.37. The Hall–Kier alpha value is -1.23. The Kier molecular flexibility index (Phi) is 37.6. The van der Waals surface area contributed by atoms with Crippen molar-refractivity contribution in [2.24, 2.45) is 5.92 Å². The molecule has 1 unspecified atom stereocenters. The number of rotatable bonds is 42. The van der Waals surface area contributed by atoms with E-state index in [4.69, 9.17) is 58.0 Å². The van der Waals surface area contributed by atoms with Gasteiger partial charge in [-0.3, -0.25) is 4.79 Å². The highest BCUT2D eigenvalue weighted by Gasteiger charge is 2.42. The van der Waals surface area contributed by atoms with Crippen molar-refractivity contribution in [2.75, 3.05) is 112 Å². The van der Waals surface area contributed by atoms with Crippen LogP contribution in [0.1, 0.15) is 110 Å². The zero-order chi connectivity index (χ0) is 39.0. The molecule has 13 heteroatoms. The largest absolute Gasteiger partial charge is 0.463 e. The number of aliphatic hydroxyl groups is 3. The van der Waals surface area contributed by atoms with E-state index >= 15 is 0 Å². The first kappa shape index (κ1) is 50.8. The monoisotopic (exact) mass is 779 g/mol. The van der Waals surface area contributed by atoms with Crippen LogP contribution in [0.4, 0.5) is 0 Å². The molecule has 13 nitrogen and oxygen atoms in total. The van der Waals surface area contributed by atoms with Gasteiger partial charge >= 0.3 is 5.97 Å². The minimum Gasteiger partial charge on any atom is -0.463 e. The number of hydrogen-bond donors (Lipinski definition) is 3. The van der Waals surface area contributed by atoms with Gasteiger partial charge in [0.15, 0.2) is 0 Å². The molecule has 4 atom stereocenters. The zero-order valence-corrected chi connectivity index (χ0v) is 33.7. The average molecular weight is 779 g/mol. The number of hydrogen-bond acceptors (Lipinski definition) is 13. The number of ether oxygens (including phenoxy) is 9. The van der Waals surface area contributed by atoms with Gasteiger partial charge in [-0.05, 0) is 44.9 Å². The molecule has 0 amide bonds. The summed E-state index contributed by atoms with van der Waals surface area (Å²) in [7, 11) is 0. The number of esters is 1. The zero-order valence-electron chi connectivity index (χ0n) is 33.7. The second-order valence-electron chi connectivity index (χ2n) is 13.6. The molecule has 1 saturated carbocycles. The molecule has 0 aromatic carbocycles. The third-order valence-corrected chi connectivity index (χ3v) is 9.20. The van der Waals surface area contributed by atoms with Gasteiger partial charge in [0.2, 0.25) is 0 Å². The standard InChI is InChI=1S/C41H78O13/c1-2-3-4-5-6-7-8-9-10-11-12-13-14-15-16-17-40(45)53-34-30-49-26-27-50-36-39(52-33-29-47-24-21-43)37-18-19-38(51-32-28-46-23-20-42)41(37)54-35-31-48-25-22-44/h9-10,37-39,41-44H,2-8,11-36H2,1H3/b10-9-/t37-,38-,39?,41-/m1/s1. The van der Waals surface area contributed by atoms with E-state index in [1.165, 1.54) is 57.8 Å². The third-order valence-electron chi connectivity index (χ3n) is 9.20. The summed E-state index contributed by atoms with van der Waals surface area (Å²) in [5.41, 5.74) is 0. The van der Waals surface area contributed by atoms with Gasteiger partial charge in [-0.25, -0.2) is 0 Å². The normalized spacial score (nSPS) is 17.9. The van der Waals surface area contributed by atoms with Crippen molar-refractivity contribution in [3.8, 4) is 0 Å². The molecule has 0 aromatic rings. The van der Waals surface area contributed by atoms with Gasteiger partial charge in [0.1, 0.15) is 6.61 Å². The van der Waals surface area contributed by atoms with Crippen LogP contribution in [-0.2, 0) is 47.4 Å². The van der Waals surface area contributed by atoms with Crippen molar-refractivity contribution in [2.45, 2.75) is 128 Å². The van der Waals surface area contributed by atoms with E-state index in [1.807, 2.05) is 0 Å². The predicted octanol–water partition coefficient (Wildman–Crippen LogP) is 5.19. The molecule has 1 aliphatic rings. The second-order valence-corrected chi connectivity index (χ2v) is 13.6. The Morgan fingerprint density at radius 2 is 1.09 bits per heavy atom. The summed E-state index contributed by atoms with van der Waals surface area (Å²) in [6, 6.07) is 0. The number of carbonyl (C=O) groups excluding carboxylic acids is 1. The molecule has 320 valence electrons. The minimum atomic E-state index is -0.303. The first-order valence-electron chi connectivity index (χ1n) is 21.0. The van der Waals surface area contributed by atoms with Crippen LogP contribution in [0.3, 0.4) is 0 Å². The number of allylic oxidation sites excluding steroid dienone is 2. The van der Waals surface area contributed by atoms with E-state index < -0.39 is 0 Å². The Balaban J connectivity index is 2.28. The van der Waals surface area contributed by atoms with Crippen molar-refractivity contribution < 1.29 is 62.7 Å². The lowest BCUT2D eigenvalue weighted by atomic mass is 9.98. The van der Waals surface area contributed by atoms with Crippen LogP contribution in [0, 0.1) is 5.92 Å². The van der Waals surface area contributed by atoms with Crippen LogP contribution in [0.2, 0.25) is 0 Å². The van der Waals surface area contributed by atoms with Crippen LogP contribution in [0.5, 0.6) is 0 Å². The Morgan fingerprint density at radius 1 is 0.574 bits per heavy atom. The maximum atomic E-state index is 12.1. The van der Waals surface area contributed by atoms with E-state index in [2.05, 4.69) is 19.1 Å². The topological polar surface area (TPSA) is 161 Å². The SMILES string of the molecule is CCCCCCCC/C=C\CCCCCCCC(=O)OCCOCCOCC(OCCOCCO)[C@H]1CC[C@@H](OCCOCCO)[C@@H]1OCCOCCO. The lowest BCUT2D eigenvalue weighted by Crippen LogP contribution is -2.41. The van der Waals surface area contributed by atoms with Crippen LogP contribution in [-0.4, -0.2) is 152 Å². The quantitative estimate of drug-likeness (QED) is 0.0423. The lowest BCUT2D eigenvalue weighted by Gasteiger charge is -2.31. The van der Waals surface area contributed by atoms with Crippen molar-refractivity contribution in [1.82, 2.24) is 0 Å². The second kappa shape index (κ2) is 40.0. The summed E-state index contributed by atoms with van der Waals surface area (Å²) in [6.45, 7) is 6.50. The predicted molar refractivity (Wildman–Crippen MR) is 208 cm³/mol. The molecule has 0 heterocycles. The van der Waals surface area contributed by atoms with Gasteiger partial charge in [0.05, 0.1) is 124 Å². The third kappa shape index (κ3) is 30.0. The lowest BCUT2D eigenvalue weighted by molar-refractivity contribution is -0.145. The molecule has 1 fully saturated rings. The van der Waals surface area contributed by atoms with E-state index in [0.717, 1.165) is 38.5 Å². The number of carbonyl (C=O) groups is 1. The smallest absolute Gasteiger partial charge is 0.305 e. The summed E-state index contributed by atoms with van der Waals surface area (Å²) in [4.78, 5) is 12.1. The molecule has 0 saturated heterocycles. The molecule has 1 aliphatic carbocycles. The average Bonchev–Trinajstić information content (AvgIpc) is 3.58. The molecular formula is C41H78O13. The van der Waals surface area contributed by atoms with E-state index in [1.54, 1.807) is 0 Å². The highest BCUT2D eigenvalue weighted by atomic mass is 16.6. The van der Waals surface area contributed by atoms with Gasteiger partial charge in [0, 0.05) is 12.3 Å². The molecule has 54 heavy (non-hydrogen) atoms. The fraction of sp³-hybridized carbons (Fsp3) is 0.927.